The van der Waals surface area contributed by atoms with E-state index in [9.17, 15) is 34.6 Å². The smallest absolute Gasteiger partial charge is 0.316 e. The predicted octanol–water partition coefficient (Wildman–Crippen LogP) is 5.41. The number of nitrogens with zero attached hydrogens (tertiary/aromatic N) is 3. The normalized spacial score (nSPS) is 17.6. The summed E-state index contributed by atoms with van der Waals surface area (Å²) in [6.45, 7) is -0.807. The molecule has 30 heavy (non-hydrogen) atoms. The van der Waals surface area contributed by atoms with E-state index in [0.29, 0.717) is 0 Å². The molecule has 1 N–H and O–H groups in total. The van der Waals surface area contributed by atoms with Gasteiger partial charge >= 0.3 is 16.2 Å². The first kappa shape index (κ1) is 22.6. The fourth-order valence-electron chi connectivity index (χ4n) is 3.21. The van der Waals surface area contributed by atoms with Crippen molar-refractivity contribution in [3.63, 3.8) is 0 Å². The maximum Gasteiger partial charge on any atom is 0.316 e. The van der Waals surface area contributed by atoms with Crippen LogP contribution in [0.25, 0.3) is 5.69 Å². The lowest BCUT2D eigenvalue weighted by molar-refractivity contribution is -0.143. The number of benzene rings is 1. The van der Waals surface area contributed by atoms with Crippen LogP contribution in [-0.2, 0) is 21.6 Å². The molecule has 0 saturated heterocycles. The maximum atomic E-state index is 13.1. The molecule has 0 atom stereocenters. The molecule has 3 rings (SSSR count). The number of nitriles is 1. The zero-order valence-electron chi connectivity index (χ0n) is 14.9. The first-order valence-corrected chi connectivity index (χ1v) is 10.8. The van der Waals surface area contributed by atoms with Gasteiger partial charge in [0.1, 0.15) is 16.7 Å². The summed E-state index contributed by atoms with van der Waals surface area (Å²) in [6, 6.07) is 1.73. The minimum Gasteiger partial charge on any atom is -0.468 e. The molecular weight excluding hydrogens is 480 g/mol. The molecule has 6 nitrogen and oxygen atoms in total. The summed E-state index contributed by atoms with van der Waals surface area (Å²) < 4.78 is 71.2. The van der Waals surface area contributed by atoms with Crippen LogP contribution < -0.4 is 0 Å². The number of hydrogen-bond donors (Lipinski definition) is 1. The first-order chi connectivity index (χ1) is 13.6. The molecule has 2 aromatic rings. The Hall–Kier alpha value is -2.07. The van der Waals surface area contributed by atoms with Crippen molar-refractivity contribution in [3.8, 4) is 11.8 Å². The van der Waals surface area contributed by atoms with Crippen molar-refractivity contribution in [1.29, 1.82) is 5.26 Å². The summed E-state index contributed by atoms with van der Waals surface area (Å²) in [6.07, 6.45) is 0.551. The topological polar surface area (TPSA) is 88.1 Å². The third-order valence-corrected chi connectivity index (χ3v) is 6.39. The summed E-state index contributed by atoms with van der Waals surface area (Å²) in [4.78, 5) is 9.93. The van der Waals surface area contributed by atoms with E-state index in [-0.39, 0.29) is 41.9 Å². The van der Waals surface area contributed by atoms with Crippen molar-refractivity contribution in [2.75, 3.05) is 7.11 Å². The summed E-state index contributed by atoms with van der Waals surface area (Å²) in [5.74, 6) is -0.693. The van der Waals surface area contributed by atoms with Crippen LogP contribution in [0.2, 0.25) is 10.0 Å². The van der Waals surface area contributed by atoms with E-state index >= 15 is 0 Å². The minimum absolute atomic E-state index is 0.00786. The van der Waals surface area contributed by atoms with Gasteiger partial charge in [-0.05, 0) is 25.0 Å². The number of carbonyl (C=O) groups is 1. The van der Waals surface area contributed by atoms with Crippen LogP contribution >= 0.6 is 33.4 Å². The largest absolute Gasteiger partial charge is 0.468 e. The molecule has 1 aliphatic rings. The van der Waals surface area contributed by atoms with E-state index in [4.69, 9.17) is 27.9 Å². The Labute approximate surface area is 176 Å². The Morgan fingerprint density at radius 1 is 1.30 bits per heavy atom. The highest BCUT2D eigenvalue weighted by molar-refractivity contribution is 8.45. The second kappa shape index (κ2) is 6.23. The van der Waals surface area contributed by atoms with Gasteiger partial charge in [-0.2, -0.15) is 10.4 Å². The number of methoxy groups -OCH3 is 1. The lowest BCUT2D eigenvalue weighted by Crippen LogP contribution is -2.24. The van der Waals surface area contributed by atoms with Crippen molar-refractivity contribution in [2.45, 2.75) is 29.8 Å². The standard InChI is InChI=1S/C16H12Cl2F5N3O3S/c1-29-15(28)16(2-3-16)13-11(6-24)25-26(12(13)7-27)14-9(17)4-8(5-10(14)18)30(19,20,21,22)23/h4-5,27H,2-3,7H2,1H3. The molecular formula is C16H12Cl2F5N3O3S. The van der Waals surface area contributed by atoms with Crippen LogP contribution in [0.15, 0.2) is 17.0 Å². The SMILES string of the molecule is COC(=O)C1(c2c(C#N)nn(-c3c(Cl)cc(S(F)(F)(F)(F)F)cc3Cl)c2CO)CC1. The number of carbonyl (C=O) groups excluding carboxylic acids is 1. The third kappa shape index (κ3) is 3.60. The van der Waals surface area contributed by atoms with E-state index in [0.717, 1.165) is 11.8 Å². The molecule has 0 bridgehead atoms. The summed E-state index contributed by atoms with van der Waals surface area (Å²) >= 11 is 11.7. The third-order valence-electron chi connectivity index (χ3n) is 4.69. The fraction of sp³-hybridized carbons (Fsp3) is 0.312. The van der Waals surface area contributed by atoms with E-state index in [1.807, 2.05) is 0 Å². The average Bonchev–Trinajstić information content (AvgIpc) is 3.34. The van der Waals surface area contributed by atoms with Gasteiger partial charge in [-0.3, -0.25) is 4.79 Å². The lowest BCUT2D eigenvalue weighted by atomic mass is 9.93. The Kier molecular flexibility index (Phi) is 4.69. The van der Waals surface area contributed by atoms with Crippen LogP contribution in [0.4, 0.5) is 19.4 Å². The van der Waals surface area contributed by atoms with Crippen LogP contribution in [0.1, 0.15) is 29.8 Å². The molecule has 1 heterocycles. The molecule has 14 heteroatoms. The van der Waals surface area contributed by atoms with Crippen molar-refractivity contribution < 1.29 is 34.1 Å². The molecule has 1 aliphatic carbocycles. The highest BCUT2D eigenvalue weighted by atomic mass is 35.5. The lowest BCUT2D eigenvalue weighted by Gasteiger charge is -2.40. The molecule has 1 fully saturated rings. The predicted molar refractivity (Wildman–Crippen MR) is 98.5 cm³/mol. The van der Waals surface area contributed by atoms with Gasteiger partial charge in [0.15, 0.2) is 5.69 Å². The zero-order chi connectivity index (χ0) is 22.8. The van der Waals surface area contributed by atoms with E-state index < -0.39 is 48.8 Å². The van der Waals surface area contributed by atoms with Crippen LogP contribution in [0.3, 0.4) is 0 Å². The number of aliphatic hydroxyl groups excluding tert-OH is 1. The molecule has 1 aromatic heterocycles. The monoisotopic (exact) mass is 491 g/mol. The summed E-state index contributed by atoms with van der Waals surface area (Å²) in [5.41, 5.74) is -2.18. The number of ether oxygens (including phenoxy) is 1. The molecule has 0 radical (unpaired) electrons. The Balaban J connectivity index is 2.29. The fourth-order valence-corrected chi connectivity index (χ4v) is 4.67. The molecule has 0 amide bonds. The highest BCUT2D eigenvalue weighted by Gasteiger charge is 2.65. The van der Waals surface area contributed by atoms with Crippen LogP contribution in [0.5, 0.6) is 0 Å². The zero-order valence-corrected chi connectivity index (χ0v) is 17.3. The Morgan fingerprint density at radius 3 is 2.20 bits per heavy atom. The first-order valence-electron chi connectivity index (χ1n) is 8.05. The van der Waals surface area contributed by atoms with Crippen molar-refractivity contribution >= 4 is 39.4 Å². The van der Waals surface area contributed by atoms with Gasteiger partial charge in [-0.1, -0.05) is 42.6 Å². The number of aliphatic hydroxyl groups is 1. The van der Waals surface area contributed by atoms with Crippen molar-refractivity contribution in [1.82, 2.24) is 9.78 Å². The Bertz CT molecular complexity index is 1100. The van der Waals surface area contributed by atoms with Crippen LogP contribution in [-0.4, -0.2) is 28.0 Å². The minimum atomic E-state index is -10.1. The number of hydrogen-bond acceptors (Lipinski definition) is 5. The summed E-state index contributed by atoms with van der Waals surface area (Å²) in [7, 11) is -8.94. The van der Waals surface area contributed by atoms with E-state index in [2.05, 4.69) is 5.10 Å². The van der Waals surface area contributed by atoms with Gasteiger partial charge < -0.3 is 9.84 Å². The van der Waals surface area contributed by atoms with Gasteiger partial charge in [0.25, 0.3) is 0 Å². The second-order valence-electron chi connectivity index (χ2n) is 6.63. The number of rotatable bonds is 5. The Morgan fingerprint density at radius 2 is 1.83 bits per heavy atom. The molecule has 0 unspecified atom stereocenters. The van der Waals surface area contributed by atoms with Gasteiger partial charge in [0, 0.05) is 5.56 Å². The van der Waals surface area contributed by atoms with Gasteiger partial charge in [0.05, 0.1) is 34.9 Å². The van der Waals surface area contributed by atoms with E-state index in [1.165, 1.54) is 0 Å². The van der Waals surface area contributed by atoms with Gasteiger partial charge in [-0.25, -0.2) is 4.68 Å². The molecule has 1 aromatic carbocycles. The maximum absolute atomic E-state index is 13.1. The van der Waals surface area contributed by atoms with Gasteiger partial charge in [0.2, 0.25) is 0 Å². The highest BCUT2D eigenvalue weighted by Crippen LogP contribution is 3.02. The molecule has 1 saturated carbocycles. The molecule has 0 spiro atoms. The van der Waals surface area contributed by atoms with Crippen molar-refractivity contribution in [3.05, 3.63) is 39.1 Å². The number of aromatic nitrogens is 2. The quantitative estimate of drug-likeness (QED) is 0.446. The van der Waals surface area contributed by atoms with Gasteiger partial charge in [-0.15, -0.1) is 0 Å². The van der Waals surface area contributed by atoms with Crippen molar-refractivity contribution in [2.24, 2.45) is 0 Å². The number of esters is 1. The van der Waals surface area contributed by atoms with E-state index in [1.54, 1.807) is 6.07 Å². The van der Waals surface area contributed by atoms with Crippen LogP contribution in [0, 0.1) is 11.3 Å². The molecule has 0 aliphatic heterocycles. The molecule has 164 valence electrons. The second-order valence-corrected chi connectivity index (χ2v) is 9.85. The average molecular weight is 492 g/mol. The summed E-state index contributed by atoms with van der Waals surface area (Å²) in [5, 5.41) is 21.5. The number of halogens is 7.